The van der Waals surface area contributed by atoms with E-state index in [1.807, 2.05) is 31.2 Å². The summed E-state index contributed by atoms with van der Waals surface area (Å²) < 4.78 is 5.64. The van der Waals surface area contributed by atoms with E-state index in [1.54, 1.807) is 0 Å². The van der Waals surface area contributed by atoms with Gasteiger partial charge in [-0.25, -0.2) is 9.97 Å². The topological polar surface area (TPSA) is 88.3 Å². The molecular formula is C19H28N6O. The van der Waals surface area contributed by atoms with Crippen LogP contribution in [-0.4, -0.2) is 47.7 Å². The highest BCUT2D eigenvalue weighted by Gasteiger charge is 2.12. The molecule has 0 amide bonds. The standard InChI is InChI=1S/C19H28N6O/c1-2-26-16-9-5-4-8-15(16)24-19-17(20)18(22-14-23-19)21-10-13-25-11-6-3-7-12-25/h4-5,8-9,14H,2-3,6-7,10-13,20H2,1H3,(H2,21,22,23,24). The van der Waals surface area contributed by atoms with E-state index < -0.39 is 0 Å². The number of likely N-dealkylation sites (tertiary alicyclic amines) is 1. The highest BCUT2D eigenvalue weighted by Crippen LogP contribution is 2.30. The number of aromatic nitrogens is 2. The van der Waals surface area contributed by atoms with Crippen molar-refractivity contribution in [2.24, 2.45) is 0 Å². The molecule has 0 unspecified atom stereocenters. The highest BCUT2D eigenvalue weighted by atomic mass is 16.5. The maximum absolute atomic E-state index is 6.27. The lowest BCUT2D eigenvalue weighted by Crippen LogP contribution is -2.33. The molecule has 3 rings (SSSR count). The van der Waals surface area contributed by atoms with E-state index in [2.05, 4.69) is 25.5 Å². The zero-order valence-electron chi connectivity index (χ0n) is 15.4. The summed E-state index contributed by atoms with van der Waals surface area (Å²) in [4.78, 5) is 11.0. The first kappa shape index (κ1) is 18.3. The third-order valence-corrected chi connectivity index (χ3v) is 4.49. The maximum atomic E-state index is 6.27. The van der Waals surface area contributed by atoms with Gasteiger partial charge in [0.1, 0.15) is 17.8 Å². The van der Waals surface area contributed by atoms with Crippen molar-refractivity contribution in [2.75, 3.05) is 49.2 Å². The van der Waals surface area contributed by atoms with Crippen LogP contribution in [0.5, 0.6) is 5.75 Å². The van der Waals surface area contributed by atoms with Crippen LogP contribution in [0.15, 0.2) is 30.6 Å². The van der Waals surface area contributed by atoms with Gasteiger partial charge in [0.2, 0.25) is 0 Å². The molecule has 0 aliphatic carbocycles. The fourth-order valence-corrected chi connectivity index (χ4v) is 3.13. The second-order valence-electron chi connectivity index (χ2n) is 6.37. The molecule has 1 aromatic heterocycles. The Hall–Kier alpha value is -2.54. The lowest BCUT2D eigenvalue weighted by Gasteiger charge is -2.26. The van der Waals surface area contributed by atoms with Crippen molar-refractivity contribution in [3.05, 3.63) is 30.6 Å². The van der Waals surface area contributed by atoms with Gasteiger partial charge in [-0.05, 0) is 45.0 Å². The average molecular weight is 356 g/mol. The molecule has 0 saturated carbocycles. The van der Waals surface area contributed by atoms with E-state index in [-0.39, 0.29) is 0 Å². The summed E-state index contributed by atoms with van der Waals surface area (Å²) in [6.45, 7) is 6.74. The normalized spacial score (nSPS) is 14.8. The van der Waals surface area contributed by atoms with E-state index in [9.17, 15) is 0 Å². The molecule has 0 atom stereocenters. The van der Waals surface area contributed by atoms with Gasteiger partial charge in [-0.1, -0.05) is 18.6 Å². The van der Waals surface area contributed by atoms with Gasteiger partial charge in [-0.3, -0.25) is 0 Å². The maximum Gasteiger partial charge on any atom is 0.159 e. The number of nitrogen functional groups attached to an aromatic ring is 1. The van der Waals surface area contributed by atoms with Gasteiger partial charge in [0.25, 0.3) is 0 Å². The largest absolute Gasteiger partial charge is 0.492 e. The Morgan fingerprint density at radius 3 is 2.69 bits per heavy atom. The summed E-state index contributed by atoms with van der Waals surface area (Å²) in [5, 5.41) is 6.59. The van der Waals surface area contributed by atoms with E-state index in [0.717, 1.165) is 24.5 Å². The molecule has 2 aromatic rings. The predicted molar refractivity (Wildman–Crippen MR) is 106 cm³/mol. The smallest absolute Gasteiger partial charge is 0.159 e. The number of para-hydroxylation sites is 2. The average Bonchev–Trinajstić information content (AvgIpc) is 2.67. The van der Waals surface area contributed by atoms with Crippen LogP contribution < -0.4 is 21.1 Å². The first-order valence-corrected chi connectivity index (χ1v) is 9.33. The van der Waals surface area contributed by atoms with Crippen molar-refractivity contribution in [2.45, 2.75) is 26.2 Å². The van der Waals surface area contributed by atoms with Gasteiger partial charge in [0.05, 0.1) is 12.3 Å². The predicted octanol–water partition coefficient (Wildman–Crippen LogP) is 3.10. The van der Waals surface area contributed by atoms with Gasteiger partial charge < -0.3 is 26.0 Å². The molecular weight excluding hydrogens is 328 g/mol. The van der Waals surface area contributed by atoms with Gasteiger partial charge in [-0.15, -0.1) is 0 Å². The summed E-state index contributed by atoms with van der Waals surface area (Å²) in [6, 6.07) is 7.74. The number of ether oxygens (including phenoxy) is 1. The molecule has 1 fully saturated rings. The molecule has 7 heteroatoms. The Balaban J connectivity index is 1.63. The van der Waals surface area contributed by atoms with Gasteiger partial charge in [-0.2, -0.15) is 0 Å². The number of anilines is 4. The summed E-state index contributed by atoms with van der Waals surface area (Å²) in [6.07, 6.45) is 5.46. The Kier molecular flexibility index (Phi) is 6.49. The molecule has 2 heterocycles. The molecule has 1 aliphatic rings. The van der Waals surface area contributed by atoms with E-state index in [0.29, 0.717) is 23.9 Å². The number of hydrogen-bond acceptors (Lipinski definition) is 7. The molecule has 7 nitrogen and oxygen atoms in total. The van der Waals surface area contributed by atoms with Crippen molar-refractivity contribution < 1.29 is 4.74 Å². The van der Waals surface area contributed by atoms with Crippen LogP contribution in [0.2, 0.25) is 0 Å². The molecule has 0 radical (unpaired) electrons. The summed E-state index contributed by atoms with van der Waals surface area (Å²) in [5.41, 5.74) is 7.61. The molecule has 1 aromatic carbocycles. The fraction of sp³-hybridized carbons (Fsp3) is 0.474. The highest BCUT2D eigenvalue weighted by molar-refractivity contribution is 5.79. The van der Waals surface area contributed by atoms with Crippen molar-refractivity contribution in [1.82, 2.24) is 14.9 Å². The quantitative estimate of drug-likeness (QED) is 0.670. The number of benzene rings is 1. The van der Waals surface area contributed by atoms with Gasteiger partial charge >= 0.3 is 0 Å². The van der Waals surface area contributed by atoms with Gasteiger partial charge in [0, 0.05) is 13.1 Å². The summed E-state index contributed by atoms with van der Waals surface area (Å²) >= 11 is 0. The fourth-order valence-electron chi connectivity index (χ4n) is 3.13. The molecule has 0 spiro atoms. The van der Waals surface area contributed by atoms with Crippen molar-refractivity contribution in [3.63, 3.8) is 0 Å². The molecule has 4 N–H and O–H groups in total. The lowest BCUT2D eigenvalue weighted by atomic mass is 10.1. The number of hydrogen-bond donors (Lipinski definition) is 3. The Bertz CT molecular complexity index is 702. The minimum atomic E-state index is 0.512. The zero-order valence-corrected chi connectivity index (χ0v) is 15.4. The number of piperidine rings is 1. The van der Waals surface area contributed by atoms with Crippen LogP contribution in [0.4, 0.5) is 23.0 Å². The number of nitrogens with two attached hydrogens (primary N) is 1. The minimum absolute atomic E-state index is 0.512. The van der Waals surface area contributed by atoms with Crippen LogP contribution in [0, 0.1) is 0 Å². The molecule has 140 valence electrons. The lowest BCUT2D eigenvalue weighted by molar-refractivity contribution is 0.237. The van der Waals surface area contributed by atoms with Crippen LogP contribution >= 0.6 is 0 Å². The SMILES string of the molecule is CCOc1ccccc1Nc1ncnc(NCCN2CCCCC2)c1N. The Morgan fingerprint density at radius 2 is 1.88 bits per heavy atom. The zero-order chi connectivity index (χ0) is 18.2. The van der Waals surface area contributed by atoms with Crippen LogP contribution in [0.3, 0.4) is 0 Å². The molecule has 1 aliphatic heterocycles. The first-order chi connectivity index (χ1) is 12.8. The second kappa shape index (κ2) is 9.24. The Labute approximate surface area is 155 Å². The van der Waals surface area contributed by atoms with Gasteiger partial charge in [0.15, 0.2) is 11.6 Å². The molecule has 0 bridgehead atoms. The minimum Gasteiger partial charge on any atom is -0.492 e. The molecule has 26 heavy (non-hydrogen) atoms. The van der Waals surface area contributed by atoms with Crippen molar-refractivity contribution >= 4 is 23.0 Å². The third kappa shape index (κ3) is 4.76. The van der Waals surface area contributed by atoms with Crippen LogP contribution in [-0.2, 0) is 0 Å². The van der Waals surface area contributed by atoms with Crippen molar-refractivity contribution in [1.29, 1.82) is 0 Å². The van der Waals surface area contributed by atoms with E-state index in [4.69, 9.17) is 10.5 Å². The Morgan fingerprint density at radius 1 is 1.12 bits per heavy atom. The number of rotatable bonds is 8. The summed E-state index contributed by atoms with van der Waals surface area (Å²) in [5.74, 6) is 2.01. The number of nitrogens with one attached hydrogen (secondary N) is 2. The second-order valence-corrected chi connectivity index (χ2v) is 6.37. The first-order valence-electron chi connectivity index (χ1n) is 9.33. The van der Waals surface area contributed by atoms with E-state index in [1.165, 1.54) is 38.7 Å². The van der Waals surface area contributed by atoms with Crippen molar-refractivity contribution in [3.8, 4) is 5.75 Å². The number of nitrogens with zero attached hydrogens (tertiary/aromatic N) is 3. The van der Waals surface area contributed by atoms with E-state index >= 15 is 0 Å². The van der Waals surface area contributed by atoms with Crippen LogP contribution in [0.25, 0.3) is 0 Å². The summed E-state index contributed by atoms with van der Waals surface area (Å²) in [7, 11) is 0. The molecule has 1 saturated heterocycles. The third-order valence-electron chi connectivity index (χ3n) is 4.49. The van der Waals surface area contributed by atoms with Crippen LogP contribution in [0.1, 0.15) is 26.2 Å². The monoisotopic (exact) mass is 356 g/mol.